The normalized spacial score (nSPS) is 10.0. The molecule has 3 nitrogen and oxygen atoms in total. The van der Waals surface area contributed by atoms with Gasteiger partial charge in [-0.25, -0.2) is 13.8 Å². The van der Waals surface area contributed by atoms with Crippen LogP contribution in [0.15, 0.2) is 6.20 Å². The van der Waals surface area contributed by atoms with Crippen molar-refractivity contribution < 1.29 is 13.5 Å². The Morgan fingerprint density at radius 2 is 2.29 bits per heavy atom. The van der Waals surface area contributed by atoms with Crippen LogP contribution in [0.3, 0.4) is 0 Å². The maximum atomic E-state index is 12.6. The van der Waals surface area contributed by atoms with Gasteiger partial charge in [0.1, 0.15) is 11.8 Å². The third kappa shape index (κ3) is 1.92. The Morgan fingerprint density at radius 1 is 1.64 bits per heavy atom. The first-order valence-electron chi connectivity index (χ1n) is 3.52. The van der Waals surface area contributed by atoms with Crippen LogP contribution in [0.4, 0.5) is 8.78 Å². The Hall–Kier alpha value is -0.970. The first kappa shape index (κ1) is 11.1. The average molecular weight is 310 g/mol. The lowest BCUT2D eigenvalue weighted by Gasteiger charge is -2.09. The van der Waals surface area contributed by atoms with Gasteiger partial charge in [0.05, 0.1) is 22.4 Å². The summed E-state index contributed by atoms with van der Waals surface area (Å²) in [5.41, 5.74) is -0.290. The highest BCUT2D eigenvalue weighted by molar-refractivity contribution is 14.1. The Labute approximate surface area is 92.8 Å². The van der Waals surface area contributed by atoms with Crippen LogP contribution in [0.25, 0.3) is 0 Å². The van der Waals surface area contributed by atoms with Crippen LogP contribution < -0.4 is 4.74 Å². The van der Waals surface area contributed by atoms with Crippen LogP contribution in [-0.4, -0.2) is 12.1 Å². The van der Waals surface area contributed by atoms with E-state index in [1.807, 2.05) is 0 Å². The second kappa shape index (κ2) is 4.50. The van der Waals surface area contributed by atoms with Gasteiger partial charge in [-0.15, -0.1) is 0 Å². The van der Waals surface area contributed by atoms with Crippen LogP contribution in [-0.2, 0) is 0 Å². The van der Waals surface area contributed by atoms with Gasteiger partial charge in [-0.3, -0.25) is 0 Å². The van der Waals surface area contributed by atoms with Crippen molar-refractivity contribution in [1.29, 1.82) is 5.26 Å². The Balaban J connectivity index is 3.41. The zero-order chi connectivity index (χ0) is 10.7. The van der Waals surface area contributed by atoms with Crippen molar-refractivity contribution in [2.45, 2.75) is 6.43 Å². The molecule has 0 atom stereocenters. The SMILES string of the molecule is COc1cnc(C#N)c(I)c1C(F)F. The molecule has 1 heterocycles. The molecule has 0 aliphatic carbocycles. The minimum Gasteiger partial charge on any atom is -0.495 e. The molecule has 74 valence electrons. The van der Waals surface area contributed by atoms with Gasteiger partial charge in [0.25, 0.3) is 6.43 Å². The minimum atomic E-state index is -2.67. The van der Waals surface area contributed by atoms with Crippen LogP contribution in [0, 0.1) is 14.9 Å². The van der Waals surface area contributed by atoms with E-state index in [4.69, 9.17) is 10.00 Å². The van der Waals surface area contributed by atoms with Crippen LogP contribution in [0.2, 0.25) is 0 Å². The molecule has 0 aromatic carbocycles. The smallest absolute Gasteiger partial charge is 0.268 e. The lowest BCUT2D eigenvalue weighted by Crippen LogP contribution is -2.00. The number of ether oxygens (including phenoxy) is 1. The molecule has 6 heteroatoms. The predicted molar refractivity (Wildman–Crippen MR) is 53.2 cm³/mol. The number of nitrogens with zero attached hydrogens (tertiary/aromatic N) is 2. The van der Waals surface area contributed by atoms with Crippen molar-refractivity contribution in [2.75, 3.05) is 7.11 Å². The molecular weight excluding hydrogens is 305 g/mol. The van der Waals surface area contributed by atoms with Crippen molar-refractivity contribution in [3.05, 3.63) is 21.0 Å². The van der Waals surface area contributed by atoms with E-state index < -0.39 is 6.43 Å². The van der Waals surface area contributed by atoms with Crippen molar-refractivity contribution in [3.63, 3.8) is 0 Å². The topological polar surface area (TPSA) is 45.9 Å². The summed E-state index contributed by atoms with van der Waals surface area (Å²) >= 11 is 1.66. The zero-order valence-electron chi connectivity index (χ0n) is 7.09. The molecule has 0 amide bonds. The van der Waals surface area contributed by atoms with Gasteiger partial charge in [0.2, 0.25) is 0 Å². The van der Waals surface area contributed by atoms with Gasteiger partial charge < -0.3 is 4.74 Å². The molecule has 0 aliphatic rings. The largest absolute Gasteiger partial charge is 0.495 e. The quantitative estimate of drug-likeness (QED) is 0.789. The molecule has 1 rings (SSSR count). The van der Waals surface area contributed by atoms with Crippen LogP contribution in [0.1, 0.15) is 17.7 Å². The number of aromatic nitrogens is 1. The van der Waals surface area contributed by atoms with E-state index in [0.29, 0.717) is 0 Å². The average Bonchev–Trinajstić information content (AvgIpc) is 2.16. The maximum absolute atomic E-state index is 12.6. The summed E-state index contributed by atoms with van der Waals surface area (Å²) in [7, 11) is 1.28. The first-order valence-corrected chi connectivity index (χ1v) is 4.60. The highest BCUT2D eigenvalue weighted by atomic mass is 127. The highest BCUT2D eigenvalue weighted by Gasteiger charge is 2.21. The van der Waals surface area contributed by atoms with E-state index in [0.717, 1.165) is 6.20 Å². The fraction of sp³-hybridized carbons (Fsp3) is 0.250. The van der Waals surface area contributed by atoms with Gasteiger partial charge in [-0.2, -0.15) is 5.26 Å². The number of halogens is 3. The number of hydrogen-bond donors (Lipinski definition) is 0. The monoisotopic (exact) mass is 310 g/mol. The summed E-state index contributed by atoms with van der Waals surface area (Å²) in [6.07, 6.45) is -1.55. The third-order valence-corrected chi connectivity index (χ3v) is 2.66. The molecule has 0 fully saturated rings. The molecule has 0 aliphatic heterocycles. The molecule has 0 bridgehead atoms. The third-order valence-electron chi connectivity index (χ3n) is 1.56. The predicted octanol–water partition coefficient (Wildman–Crippen LogP) is 2.50. The van der Waals surface area contributed by atoms with Gasteiger partial charge in [-0.05, 0) is 22.6 Å². The van der Waals surface area contributed by atoms with Crippen LogP contribution >= 0.6 is 22.6 Å². The lowest BCUT2D eigenvalue weighted by molar-refractivity contribution is 0.146. The van der Waals surface area contributed by atoms with E-state index in [1.54, 1.807) is 28.7 Å². The molecule has 0 saturated heterocycles. The molecular formula is C8H5F2IN2O. The number of nitriles is 1. The summed E-state index contributed by atoms with van der Waals surface area (Å²) in [5, 5.41) is 8.59. The van der Waals surface area contributed by atoms with E-state index in [2.05, 4.69) is 4.98 Å². The number of rotatable bonds is 2. The summed E-state index contributed by atoms with van der Waals surface area (Å²) < 4.78 is 30.0. The van der Waals surface area contributed by atoms with Gasteiger partial charge in [0, 0.05) is 0 Å². The standard InChI is InChI=1S/C8H5F2IN2O/c1-14-5-3-13-4(2-12)7(11)6(5)8(9)10/h3,8H,1H3. The van der Waals surface area contributed by atoms with E-state index in [9.17, 15) is 8.78 Å². The van der Waals surface area contributed by atoms with Gasteiger partial charge in [0.15, 0.2) is 5.69 Å². The highest BCUT2D eigenvalue weighted by Crippen LogP contribution is 2.33. The molecule has 14 heavy (non-hydrogen) atoms. The summed E-state index contributed by atoms with van der Waals surface area (Å²) in [5.74, 6) is 0.00315. The zero-order valence-corrected chi connectivity index (χ0v) is 9.25. The number of alkyl halides is 2. The number of methoxy groups -OCH3 is 1. The van der Waals surface area contributed by atoms with Crippen molar-refractivity contribution in [1.82, 2.24) is 4.98 Å². The van der Waals surface area contributed by atoms with Gasteiger partial charge >= 0.3 is 0 Å². The van der Waals surface area contributed by atoms with E-state index in [-0.39, 0.29) is 20.6 Å². The lowest BCUT2D eigenvalue weighted by atomic mass is 10.2. The second-order valence-electron chi connectivity index (χ2n) is 2.32. The molecule has 1 aromatic rings. The number of hydrogen-bond acceptors (Lipinski definition) is 3. The van der Waals surface area contributed by atoms with E-state index in [1.165, 1.54) is 7.11 Å². The minimum absolute atomic E-state index is 0.00315. The van der Waals surface area contributed by atoms with Crippen LogP contribution in [0.5, 0.6) is 5.75 Å². The molecule has 0 unspecified atom stereocenters. The number of pyridine rings is 1. The summed E-state index contributed by atoms with van der Waals surface area (Å²) in [6.45, 7) is 0. The van der Waals surface area contributed by atoms with Crippen molar-refractivity contribution in [3.8, 4) is 11.8 Å². The first-order chi connectivity index (χ1) is 6.61. The molecule has 0 spiro atoms. The van der Waals surface area contributed by atoms with E-state index >= 15 is 0 Å². The molecule has 0 saturated carbocycles. The molecule has 0 N–H and O–H groups in total. The summed E-state index contributed by atoms with van der Waals surface area (Å²) in [6, 6.07) is 1.73. The summed E-state index contributed by atoms with van der Waals surface area (Å²) in [4.78, 5) is 3.68. The van der Waals surface area contributed by atoms with Gasteiger partial charge in [-0.1, -0.05) is 0 Å². The van der Waals surface area contributed by atoms with Crippen molar-refractivity contribution >= 4 is 22.6 Å². The Bertz CT molecular complexity index is 390. The Morgan fingerprint density at radius 3 is 2.71 bits per heavy atom. The maximum Gasteiger partial charge on any atom is 0.268 e. The fourth-order valence-corrected chi connectivity index (χ4v) is 1.69. The second-order valence-corrected chi connectivity index (χ2v) is 3.39. The molecule has 1 aromatic heterocycles. The Kier molecular flexibility index (Phi) is 3.57. The van der Waals surface area contributed by atoms with Crippen molar-refractivity contribution in [2.24, 2.45) is 0 Å². The molecule has 0 radical (unpaired) electrons. The fourth-order valence-electron chi connectivity index (χ4n) is 0.929.